The van der Waals surface area contributed by atoms with Gasteiger partial charge >= 0.3 is 0 Å². The van der Waals surface area contributed by atoms with E-state index in [1.165, 1.54) is 38.5 Å². The van der Waals surface area contributed by atoms with Gasteiger partial charge in [-0.25, -0.2) is 0 Å². The summed E-state index contributed by atoms with van der Waals surface area (Å²) in [6.45, 7) is 2.17. The molecule has 0 aliphatic carbocycles. The van der Waals surface area contributed by atoms with E-state index in [1.54, 1.807) is 24.3 Å². The number of phenols is 1. The molecule has 1 aromatic carbocycles. The van der Waals surface area contributed by atoms with Gasteiger partial charge in [0.05, 0.1) is 5.92 Å². The van der Waals surface area contributed by atoms with E-state index in [0.717, 1.165) is 31.2 Å². The van der Waals surface area contributed by atoms with Crippen LogP contribution in [0.15, 0.2) is 36.4 Å². The molecule has 0 saturated heterocycles. The van der Waals surface area contributed by atoms with E-state index in [-0.39, 0.29) is 17.6 Å². The minimum Gasteiger partial charge on any atom is -0.508 e. The lowest BCUT2D eigenvalue weighted by atomic mass is 9.92. The highest BCUT2D eigenvalue weighted by molar-refractivity contribution is 5.81. The number of unbranched alkanes of at least 4 members (excludes halogenated alkanes) is 7. The van der Waals surface area contributed by atoms with Crippen molar-refractivity contribution in [1.29, 1.82) is 0 Å². The van der Waals surface area contributed by atoms with Gasteiger partial charge in [0.15, 0.2) is 0 Å². The maximum Gasteiger partial charge on any atom is 0.224 e. The fourth-order valence-electron chi connectivity index (χ4n) is 2.96. The van der Waals surface area contributed by atoms with Gasteiger partial charge in [-0.2, -0.15) is 0 Å². The summed E-state index contributed by atoms with van der Waals surface area (Å²) < 4.78 is 0. The van der Waals surface area contributed by atoms with Crippen molar-refractivity contribution in [2.75, 3.05) is 0 Å². The smallest absolute Gasteiger partial charge is 0.224 e. The van der Waals surface area contributed by atoms with Gasteiger partial charge in [0.2, 0.25) is 5.91 Å². The first-order valence-corrected chi connectivity index (χ1v) is 9.38. The first-order valence-electron chi connectivity index (χ1n) is 9.38. The number of carbonyl (C=O) groups excluding carboxylic acids is 1. The number of benzene rings is 1. The highest BCUT2D eigenvalue weighted by atomic mass is 16.3. The standard InChI is InChI=1S/C21H33NO2/c1-2-3-4-5-6-7-8-9-10-11-12-13-20(21(22)24)18-14-16-19(23)17-15-18/h3-4,14-17,20,23H,2,5-13H2,1H3,(H2,22,24)/b4-3+. The molecule has 134 valence electrons. The Labute approximate surface area is 147 Å². The summed E-state index contributed by atoms with van der Waals surface area (Å²) in [6, 6.07) is 6.80. The highest BCUT2D eigenvalue weighted by Gasteiger charge is 2.17. The third-order valence-electron chi connectivity index (χ3n) is 4.40. The summed E-state index contributed by atoms with van der Waals surface area (Å²) in [7, 11) is 0. The Hall–Kier alpha value is -1.77. The predicted molar refractivity (Wildman–Crippen MR) is 101 cm³/mol. The molecule has 3 N–H and O–H groups in total. The molecular formula is C21H33NO2. The summed E-state index contributed by atoms with van der Waals surface area (Å²) in [6.07, 6.45) is 16.2. The zero-order valence-corrected chi connectivity index (χ0v) is 15.0. The van der Waals surface area contributed by atoms with Crippen LogP contribution in [0.25, 0.3) is 0 Å². The Morgan fingerprint density at radius 3 is 2.17 bits per heavy atom. The Morgan fingerprint density at radius 2 is 1.58 bits per heavy atom. The second-order valence-corrected chi connectivity index (χ2v) is 6.48. The molecule has 0 spiro atoms. The first kappa shape index (κ1) is 20.3. The van der Waals surface area contributed by atoms with Gasteiger partial charge in [0.25, 0.3) is 0 Å². The third kappa shape index (κ3) is 8.76. The molecule has 1 aromatic rings. The van der Waals surface area contributed by atoms with Crippen molar-refractivity contribution in [1.82, 2.24) is 0 Å². The normalized spacial score (nSPS) is 12.5. The van der Waals surface area contributed by atoms with Crippen molar-refractivity contribution < 1.29 is 9.90 Å². The number of primary amides is 1. The number of aromatic hydroxyl groups is 1. The summed E-state index contributed by atoms with van der Waals surface area (Å²) >= 11 is 0. The van der Waals surface area contributed by atoms with Gasteiger partial charge in [0, 0.05) is 0 Å². The molecule has 1 amide bonds. The number of hydrogen-bond donors (Lipinski definition) is 2. The van der Waals surface area contributed by atoms with Crippen molar-refractivity contribution in [2.45, 2.75) is 77.0 Å². The molecule has 24 heavy (non-hydrogen) atoms. The number of carbonyl (C=O) groups is 1. The van der Waals surface area contributed by atoms with Crippen LogP contribution in [0.3, 0.4) is 0 Å². The number of allylic oxidation sites excluding steroid dienone is 2. The third-order valence-corrected chi connectivity index (χ3v) is 4.40. The molecule has 3 heteroatoms. The van der Waals surface area contributed by atoms with Crippen molar-refractivity contribution in [3.8, 4) is 5.75 Å². The minimum absolute atomic E-state index is 0.215. The summed E-state index contributed by atoms with van der Waals surface area (Å²) in [5.41, 5.74) is 6.43. The second-order valence-electron chi connectivity index (χ2n) is 6.48. The van der Waals surface area contributed by atoms with Gasteiger partial charge in [0.1, 0.15) is 5.75 Å². The molecule has 1 atom stereocenters. The highest BCUT2D eigenvalue weighted by Crippen LogP contribution is 2.24. The molecule has 1 unspecified atom stereocenters. The number of amides is 1. The zero-order valence-electron chi connectivity index (χ0n) is 15.0. The van der Waals surface area contributed by atoms with Crippen LogP contribution < -0.4 is 5.73 Å². The van der Waals surface area contributed by atoms with E-state index in [1.807, 2.05) is 0 Å². The van der Waals surface area contributed by atoms with Crippen LogP contribution in [0.5, 0.6) is 5.75 Å². The average Bonchev–Trinajstić information content (AvgIpc) is 2.57. The summed E-state index contributed by atoms with van der Waals surface area (Å²) in [5, 5.41) is 9.33. The van der Waals surface area contributed by atoms with E-state index in [2.05, 4.69) is 19.1 Å². The number of phenolic OH excluding ortho intramolecular Hbond substituents is 1. The van der Waals surface area contributed by atoms with Gasteiger partial charge in [-0.1, -0.05) is 69.7 Å². The van der Waals surface area contributed by atoms with Crippen LogP contribution in [0, 0.1) is 0 Å². The number of hydrogen-bond acceptors (Lipinski definition) is 2. The molecule has 1 rings (SSSR count). The maximum absolute atomic E-state index is 11.7. The fourth-order valence-corrected chi connectivity index (χ4v) is 2.96. The lowest BCUT2D eigenvalue weighted by Gasteiger charge is -2.13. The maximum atomic E-state index is 11.7. The van der Waals surface area contributed by atoms with Crippen LogP contribution in [0.2, 0.25) is 0 Å². The van der Waals surface area contributed by atoms with E-state index in [9.17, 15) is 9.90 Å². The Morgan fingerprint density at radius 1 is 1.00 bits per heavy atom. The topological polar surface area (TPSA) is 63.3 Å². The zero-order chi connectivity index (χ0) is 17.6. The van der Waals surface area contributed by atoms with E-state index >= 15 is 0 Å². The van der Waals surface area contributed by atoms with Gasteiger partial charge < -0.3 is 10.8 Å². The molecule has 0 aliphatic heterocycles. The molecule has 0 radical (unpaired) electrons. The van der Waals surface area contributed by atoms with Crippen molar-refractivity contribution in [2.24, 2.45) is 5.73 Å². The number of rotatable bonds is 13. The molecule has 0 saturated carbocycles. The van der Waals surface area contributed by atoms with Crippen LogP contribution >= 0.6 is 0 Å². The van der Waals surface area contributed by atoms with Gasteiger partial charge in [-0.15, -0.1) is 0 Å². The van der Waals surface area contributed by atoms with E-state index in [0.29, 0.717) is 0 Å². The molecule has 0 aromatic heterocycles. The lowest BCUT2D eigenvalue weighted by Crippen LogP contribution is -2.21. The summed E-state index contributed by atoms with van der Waals surface area (Å²) in [5.74, 6) is -0.302. The molecular weight excluding hydrogens is 298 g/mol. The van der Waals surface area contributed by atoms with Crippen LogP contribution in [0.4, 0.5) is 0 Å². The monoisotopic (exact) mass is 331 g/mol. The van der Waals surface area contributed by atoms with Crippen LogP contribution in [0.1, 0.15) is 82.6 Å². The van der Waals surface area contributed by atoms with Crippen LogP contribution in [-0.2, 0) is 4.79 Å². The fraction of sp³-hybridized carbons (Fsp3) is 0.571. The minimum atomic E-state index is -0.277. The predicted octanol–water partition coefficient (Wildman–Crippen LogP) is 5.44. The average molecular weight is 332 g/mol. The summed E-state index contributed by atoms with van der Waals surface area (Å²) in [4.78, 5) is 11.7. The Balaban J connectivity index is 2.13. The van der Waals surface area contributed by atoms with Gasteiger partial charge in [-0.05, 0) is 43.4 Å². The lowest BCUT2D eigenvalue weighted by molar-refractivity contribution is -0.119. The first-order chi connectivity index (χ1) is 11.6. The molecule has 0 bridgehead atoms. The number of nitrogens with two attached hydrogens (primary N) is 1. The SMILES string of the molecule is CC/C=C/CCCCCCCCCC(C(N)=O)c1ccc(O)cc1. The largest absolute Gasteiger partial charge is 0.508 e. The molecule has 0 fully saturated rings. The van der Waals surface area contributed by atoms with Crippen molar-refractivity contribution in [3.05, 3.63) is 42.0 Å². The van der Waals surface area contributed by atoms with Gasteiger partial charge in [-0.3, -0.25) is 4.79 Å². The molecule has 3 nitrogen and oxygen atoms in total. The van der Waals surface area contributed by atoms with E-state index < -0.39 is 0 Å². The quantitative estimate of drug-likeness (QED) is 0.373. The van der Waals surface area contributed by atoms with Crippen molar-refractivity contribution >= 4 is 5.91 Å². The van der Waals surface area contributed by atoms with Crippen molar-refractivity contribution in [3.63, 3.8) is 0 Å². The second kappa shape index (κ2) is 12.6. The van der Waals surface area contributed by atoms with E-state index in [4.69, 9.17) is 5.73 Å². The Kier molecular flexibility index (Phi) is 10.7. The Bertz CT molecular complexity index is 479. The molecule has 0 heterocycles. The molecule has 0 aliphatic rings. The van der Waals surface area contributed by atoms with Crippen LogP contribution in [-0.4, -0.2) is 11.0 Å².